The number of unbranched alkanes of at least 4 members (excludes halogenated alkanes) is 1. The fourth-order valence-corrected chi connectivity index (χ4v) is 2.39. The summed E-state index contributed by atoms with van der Waals surface area (Å²) in [5, 5.41) is 9.92. The topological polar surface area (TPSA) is 37.3 Å². The Hall–Kier alpha value is -0.370. The van der Waals surface area contributed by atoms with Crippen LogP contribution in [0.15, 0.2) is 0 Å². The van der Waals surface area contributed by atoms with Crippen molar-refractivity contribution in [1.29, 1.82) is 0 Å². The molecule has 0 radical (unpaired) electrons. The minimum absolute atomic E-state index is 0.245. The van der Waals surface area contributed by atoms with Gasteiger partial charge in [0.2, 0.25) is 0 Å². The van der Waals surface area contributed by atoms with Gasteiger partial charge in [-0.3, -0.25) is 4.79 Å². The zero-order valence-corrected chi connectivity index (χ0v) is 9.87. The lowest BCUT2D eigenvalue weighted by atomic mass is 9.83. The summed E-state index contributed by atoms with van der Waals surface area (Å²) in [6, 6.07) is 0. The molecule has 0 aliphatic heterocycles. The molecule has 1 aliphatic carbocycles. The fourth-order valence-electron chi connectivity index (χ4n) is 2.39. The van der Waals surface area contributed by atoms with Crippen molar-refractivity contribution in [3.05, 3.63) is 0 Å². The van der Waals surface area contributed by atoms with Crippen LogP contribution in [-0.2, 0) is 4.79 Å². The van der Waals surface area contributed by atoms with Crippen LogP contribution in [0.25, 0.3) is 0 Å². The highest BCUT2D eigenvalue weighted by Gasteiger charge is 2.23. The highest BCUT2D eigenvalue weighted by atomic mass is 16.3. The lowest BCUT2D eigenvalue weighted by Gasteiger charge is -2.26. The van der Waals surface area contributed by atoms with E-state index in [0.29, 0.717) is 18.8 Å². The molecule has 1 N–H and O–H groups in total. The Balaban J connectivity index is 2.21. The Bertz CT molecular complexity index is 183. The van der Waals surface area contributed by atoms with Gasteiger partial charge in [0.25, 0.3) is 0 Å². The van der Waals surface area contributed by atoms with Crippen LogP contribution in [0, 0.1) is 5.92 Å². The molecule has 15 heavy (non-hydrogen) atoms. The number of aliphatic hydroxyl groups is 1. The molecule has 0 spiro atoms. The molecule has 0 aromatic heterocycles. The summed E-state index contributed by atoms with van der Waals surface area (Å²) in [7, 11) is 0. The summed E-state index contributed by atoms with van der Waals surface area (Å²) in [5.74, 6) is 0.638. The predicted molar refractivity (Wildman–Crippen MR) is 61.7 cm³/mol. The van der Waals surface area contributed by atoms with Gasteiger partial charge in [-0.15, -0.1) is 0 Å². The van der Waals surface area contributed by atoms with Crippen molar-refractivity contribution in [2.75, 3.05) is 0 Å². The van der Waals surface area contributed by atoms with Crippen molar-refractivity contribution >= 4 is 5.78 Å². The van der Waals surface area contributed by atoms with Crippen LogP contribution < -0.4 is 0 Å². The highest BCUT2D eigenvalue weighted by molar-refractivity contribution is 5.78. The molecule has 0 aromatic carbocycles. The Morgan fingerprint density at radius 2 is 2.00 bits per heavy atom. The summed E-state index contributed by atoms with van der Waals surface area (Å²) in [6.45, 7) is 2.09. The average Bonchev–Trinajstić information content (AvgIpc) is 2.27. The molecule has 0 heterocycles. The Morgan fingerprint density at radius 3 is 2.60 bits per heavy atom. The maximum atomic E-state index is 11.5. The van der Waals surface area contributed by atoms with E-state index in [2.05, 4.69) is 6.92 Å². The van der Waals surface area contributed by atoms with Crippen molar-refractivity contribution in [3.8, 4) is 0 Å². The number of carbonyl (C=O) groups is 1. The van der Waals surface area contributed by atoms with Crippen LogP contribution in [0.3, 0.4) is 0 Å². The molecular weight excluding hydrogens is 188 g/mol. The molecule has 0 saturated heterocycles. The van der Waals surface area contributed by atoms with E-state index in [-0.39, 0.29) is 11.9 Å². The van der Waals surface area contributed by atoms with Gasteiger partial charge in [-0.1, -0.05) is 32.6 Å². The lowest BCUT2D eigenvalue weighted by molar-refractivity contribution is -0.122. The van der Waals surface area contributed by atoms with Gasteiger partial charge >= 0.3 is 0 Å². The zero-order chi connectivity index (χ0) is 11.1. The standard InChI is InChI=1S/C13H24O2/c1-2-3-9-12(14)10-13(15)11-7-5-4-6-8-11/h11,13,15H,2-10H2,1H3/t13-/m0/s1. The molecule has 88 valence electrons. The summed E-state index contributed by atoms with van der Waals surface area (Å²) >= 11 is 0. The summed E-state index contributed by atoms with van der Waals surface area (Å²) in [4.78, 5) is 11.5. The quantitative estimate of drug-likeness (QED) is 0.734. The van der Waals surface area contributed by atoms with Gasteiger partial charge in [-0.05, 0) is 25.2 Å². The maximum absolute atomic E-state index is 11.5. The van der Waals surface area contributed by atoms with E-state index in [0.717, 1.165) is 25.7 Å². The van der Waals surface area contributed by atoms with Crippen LogP contribution in [-0.4, -0.2) is 17.0 Å². The number of Topliss-reactive ketones (excluding diaryl/α,β-unsaturated/α-hetero) is 1. The molecule has 1 aliphatic rings. The first kappa shape index (κ1) is 12.7. The minimum Gasteiger partial charge on any atom is -0.392 e. The third-order valence-corrected chi connectivity index (χ3v) is 3.44. The van der Waals surface area contributed by atoms with Crippen molar-refractivity contribution in [2.45, 2.75) is 70.8 Å². The number of carbonyl (C=O) groups excluding carboxylic acids is 1. The van der Waals surface area contributed by atoms with Crippen LogP contribution in [0.1, 0.15) is 64.7 Å². The minimum atomic E-state index is -0.366. The number of aliphatic hydroxyl groups excluding tert-OH is 1. The Labute approximate surface area is 93.1 Å². The van der Waals surface area contributed by atoms with Crippen LogP contribution in [0.5, 0.6) is 0 Å². The van der Waals surface area contributed by atoms with E-state index in [1.165, 1.54) is 19.3 Å². The zero-order valence-electron chi connectivity index (χ0n) is 9.87. The molecule has 0 bridgehead atoms. The second-order valence-corrected chi connectivity index (χ2v) is 4.81. The molecule has 0 amide bonds. The van der Waals surface area contributed by atoms with E-state index in [9.17, 15) is 9.90 Å². The largest absolute Gasteiger partial charge is 0.392 e. The van der Waals surface area contributed by atoms with Gasteiger partial charge in [0, 0.05) is 12.8 Å². The summed E-state index contributed by atoms with van der Waals surface area (Å²) in [5.41, 5.74) is 0. The van der Waals surface area contributed by atoms with Crippen molar-refractivity contribution in [2.24, 2.45) is 5.92 Å². The molecule has 1 saturated carbocycles. The van der Waals surface area contributed by atoms with Gasteiger partial charge in [-0.2, -0.15) is 0 Å². The highest BCUT2D eigenvalue weighted by Crippen LogP contribution is 2.27. The SMILES string of the molecule is CCCCC(=O)C[C@H](O)C1CCCCC1. The van der Waals surface area contributed by atoms with E-state index in [1.807, 2.05) is 0 Å². The van der Waals surface area contributed by atoms with E-state index < -0.39 is 0 Å². The third kappa shape index (κ3) is 4.78. The molecule has 2 nitrogen and oxygen atoms in total. The molecular formula is C13H24O2. The first-order valence-corrected chi connectivity index (χ1v) is 6.43. The Kier molecular flexibility index (Phi) is 5.92. The summed E-state index contributed by atoms with van der Waals surface area (Å²) in [6.07, 6.45) is 8.69. The van der Waals surface area contributed by atoms with Gasteiger partial charge < -0.3 is 5.11 Å². The van der Waals surface area contributed by atoms with Gasteiger partial charge in [0.15, 0.2) is 0 Å². The normalized spacial score (nSPS) is 20.1. The van der Waals surface area contributed by atoms with Crippen LogP contribution in [0.2, 0.25) is 0 Å². The fraction of sp³-hybridized carbons (Fsp3) is 0.923. The summed E-state index contributed by atoms with van der Waals surface area (Å²) < 4.78 is 0. The van der Waals surface area contributed by atoms with Crippen molar-refractivity contribution in [1.82, 2.24) is 0 Å². The first-order chi connectivity index (χ1) is 7.24. The molecule has 1 rings (SSSR count). The second-order valence-electron chi connectivity index (χ2n) is 4.81. The first-order valence-electron chi connectivity index (χ1n) is 6.43. The Morgan fingerprint density at radius 1 is 1.33 bits per heavy atom. The van der Waals surface area contributed by atoms with Crippen molar-refractivity contribution < 1.29 is 9.90 Å². The average molecular weight is 212 g/mol. The smallest absolute Gasteiger partial charge is 0.135 e. The number of hydrogen-bond donors (Lipinski definition) is 1. The predicted octanol–water partition coefficient (Wildman–Crippen LogP) is 3.08. The van der Waals surface area contributed by atoms with Crippen molar-refractivity contribution in [3.63, 3.8) is 0 Å². The monoisotopic (exact) mass is 212 g/mol. The molecule has 1 fully saturated rings. The van der Waals surface area contributed by atoms with E-state index in [1.54, 1.807) is 0 Å². The van der Waals surface area contributed by atoms with E-state index in [4.69, 9.17) is 0 Å². The van der Waals surface area contributed by atoms with Gasteiger partial charge in [-0.25, -0.2) is 0 Å². The molecule has 2 heteroatoms. The van der Waals surface area contributed by atoms with E-state index >= 15 is 0 Å². The number of rotatable bonds is 6. The maximum Gasteiger partial charge on any atom is 0.135 e. The molecule has 0 aromatic rings. The van der Waals surface area contributed by atoms with Gasteiger partial charge in [0.1, 0.15) is 5.78 Å². The third-order valence-electron chi connectivity index (χ3n) is 3.44. The van der Waals surface area contributed by atoms with Crippen LogP contribution in [0.4, 0.5) is 0 Å². The number of hydrogen-bond acceptors (Lipinski definition) is 2. The number of ketones is 1. The van der Waals surface area contributed by atoms with Crippen LogP contribution >= 0.6 is 0 Å². The van der Waals surface area contributed by atoms with Gasteiger partial charge in [0.05, 0.1) is 6.10 Å². The molecule has 1 atom stereocenters. The molecule has 0 unspecified atom stereocenters. The lowest BCUT2D eigenvalue weighted by Crippen LogP contribution is -2.25. The second kappa shape index (κ2) is 7.00.